The minimum absolute atomic E-state index is 0.0478. The average molecular weight is 524 g/mol. The lowest BCUT2D eigenvalue weighted by Crippen LogP contribution is -2.26. The molecule has 2 amide bonds. The van der Waals surface area contributed by atoms with Crippen LogP contribution in [-0.2, 0) is 4.74 Å². The highest BCUT2D eigenvalue weighted by molar-refractivity contribution is 9.10. The van der Waals surface area contributed by atoms with Crippen molar-refractivity contribution in [1.29, 1.82) is 0 Å². The van der Waals surface area contributed by atoms with Gasteiger partial charge in [0.05, 0.1) is 0 Å². The van der Waals surface area contributed by atoms with Gasteiger partial charge in [0, 0.05) is 19.7 Å². The second-order valence-electron chi connectivity index (χ2n) is 7.22. The molecule has 33 heavy (non-hydrogen) atoms. The Kier molecular flexibility index (Phi) is 7.32. The molecule has 0 aliphatic carbocycles. The highest BCUT2D eigenvalue weighted by Crippen LogP contribution is 2.34. The normalized spacial score (nSPS) is 11.7. The van der Waals surface area contributed by atoms with Gasteiger partial charge in [-0.05, 0) is 35.0 Å². The molecule has 1 aromatic heterocycles. The molecule has 0 radical (unpaired) electrons. The third-order valence-corrected chi connectivity index (χ3v) is 5.03. The van der Waals surface area contributed by atoms with Crippen molar-refractivity contribution in [2.75, 3.05) is 20.7 Å². The van der Waals surface area contributed by atoms with Crippen LogP contribution < -0.4 is 10.5 Å². The predicted octanol–water partition coefficient (Wildman–Crippen LogP) is 4.61. The summed E-state index contributed by atoms with van der Waals surface area (Å²) in [7, 11) is 2.96. The lowest BCUT2D eigenvalue weighted by Gasteiger charge is -2.19. The lowest BCUT2D eigenvalue weighted by atomic mass is 10.1. The van der Waals surface area contributed by atoms with Crippen LogP contribution in [0.25, 0.3) is 11.3 Å². The van der Waals surface area contributed by atoms with Gasteiger partial charge in [0.25, 0.3) is 5.91 Å². The van der Waals surface area contributed by atoms with Crippen molar-refractivity contribution >= 4 is 27.9 Å². The van der Waals surface area contributed by atoms with Crippen LogP contribution in [0.2, 0.25) is 0 Å². The van der Waals surface area contributed by atoms with E-state index < -0.39 is 47.7 Å². The highest BCUT2D eigenvalue weighted by Gasteiger charge is 2.28. The van der Waals surface area contributed by atoms with Crippen LogP contribution in [0.15, 0.2) is 45.5 Å². The largest absolute Gasteiger partial charge is 0.474 e. The standard InChI is InChI=1S/C22H20BrF2N3O5/c1-11-4-6-12(7-5-11)18-19(23)33-21(27-18)15(10-31-22(30)28(2)3)32-14-9-8-13(24)16(17(14)25)20(26)29/h4-9,15H,10H2,1-3H3,(H2,26,29). The predicted molar refractivity (Wildman–Crippen MR) is 118 cm³/mol. The summed E-state index contributed by atoms with van der Waals surface area (Å²) in [6, 6.07) is 9.27. The fraction of sp³-hybridized carbons (Fsp3) is 0.227. The molecule has 8 nitrogen and oxygen atoms in total. The third kappa shape index (κ3) is 5.48. The number of carbonyl (C=O) groups is 2. The minimum atomic E-state index is -1.30. The van der Waals surface area contributed by atoms with Crippen molar-refractivity contribution in [3.05, 3.63) is 69.7 Å². The molecule has 0 aliphatic heterocycles. The number of nitrogens with two attached hydrogens (primary N) is 1. The second-order valence-corrected chi connectivity index (χ2v) is 7.94. The number of hydrogen-bond acceptors (Lipinski definition) is 6. The summed E-state index contributed by atoms with van der Waals surface area (Å²) in [6.45, 7) is 1.52. The summed E-state index contributed by atoms with van der Waals surface area (Å²) in [5.74, 6) is -4.28. The van der Waals surface area contributed by atoms with Crippen molar-refractivity contribution in [3.8, 4) is 17.0 Å². The summed E-state index contributed by atoms with van der Waals surface area (Å²) in [6.07, 6.45) is -1.92. The molecule has 0 saturated heterocycles. The highest BCUT2D eigenvalue weighted by atomic mass is 79.9. The minimum Gasteiger partial charge on any atom is -0.474 e. The van der Waals surface area contributed by atoms with E-state index in [1.807, 2.05) is 31.2 Å². The van der Waals surface area contributed by atoms with Crippen molar-refractivity contribution in [3.63, 3.8) is 0 Å². The van der Waals surface area contributed by atoms with Gasteiger partial charge in [-0.1, -0.05) is 29.8 Å². The molecule has 0 saturated carbocycles. The fourth-order valence-corrected chi connectivity index (χ4v) is 3.26. The lowest BCUT2D eigenvalue weighted by molar-refractivity contribution is 0.0523. The Morgan fingerprint density at radius 2 is 1.85 bits per heavy atom. The number of primary amides is 1. The number of carbonyl (C=O) groups excluding carboxylic acids is 2. The number of aryl methyl sites for hydroxylation is 1. The molecule has 1 heterocycles. The Balaban J connectivity index is 1.98. The smallest absolute Gasteiger partial charge is 0.409 e. The Labute approximate surface area is 196 Å². The number of aromatic nitrogens is 1. The van der Waals surface area contributed by atoms with E-state index in [2.05, 4.69) is 20.9 Å². The number of oxazole rings is 1. The van der Waals surface area contributed by atoms with Crippen molar-refractivity contribution in [1.82, 2.24) is 9.88 Å². The maximum atomic E-state index is 14.7. The van der Waals surface area contributed by atoms with Gasteiger partial charge >= 0.3 is 6.09 Å². The van der Waals surface area contributed by atoms with E-state index in [9.17, 15) is 18.4 Å². The first-order valence-electron chi connectivity index (χ1n) is 9.60. The Morgan fingerprint density at radius 3 is 2.45 bits per heavy atom. The number of rotatable bonds is 7. The molecule has 11 heteroatoms. The van der Waals surface area contributed by atoms with Crippen LogP contribution in [0.4, 0.5) is 13.6 Å². The summed E-state index contributed by atoms with van der Waals surface area (Å²) < 4.78 is 45.3. The van der Waals surface area contributed by atoms with E-state index in [0.717, 1.165) is 23.3 Å². The van der Waals surface area contributed by atoms with Crippen molar-refractivity contribution in [2.24, 2.45) is 5.73 Å². The first kappa shape index (κ1) is 24.2. The SMILES string of the molecule is Cc1ccc(-c2nc(C(COC(=O)N(C)C)Oc3ccc(F)c(C(N)=O)c3F)oc2Br)cc1. The van der Waals surface area contributed by atoms with E-state index in [4.69, 9.17) is 19.6 Å². The number of nitrogens with zero attached hydrogens (tertiary/aromatic N) is 2. The van der Waals surface area contributed by atoms with Crippen LogP contribution in [0.3, 0.4) is 0 Å². The zero-order valence-corrected chi connectivity index (χ0v) is 19.5. The third-order valence-electron chi connectivity index (χ3n) is 4.50. The van der Waals surface area contributed by atoms with Crippen LogP contribution in [0.1, 0.15) is 27.9 Å². The van der Waals surface area contributed by atoms with E-state index in [1.165, 1.54) is 19.0 Å². The molecule has 0 bridgehead atoms. The first-order chi connectivity index (χ1) is 15.6. The molecular formula is C22H20BrF2N3O5. The summed E-state index contributed by atoms with van der Waals surface area (Å²) >= 11 is 3.30. The van der Waals surface area contributed by atoms with Crippen LogP contribution in [0.5, 0.6) is 5.75 Å². The maximum absolute atomic E-state index is 14.7. The maximum Gasteiger partial charge on any atom is 0.409 e. The molecule has 3 aromatic rings. The number of amides is 2. The molecule has 174 valence electrons. The molecule has 1 atom stereocenters. The Hall–Kier alpha value is -3.47. The number of ether oxygens (including phenoxy) is 2. The van der Waals surface area contributed by atoms with E-state index in [-0.39, 0.29) is 10.6 Å². The first-order valence-corrected chi connectivity index (χ1v) is 10.4. The van der Waals surface area contributed by atoms with Crippen LogP contribution in [-0.4, -0.2) is 42.6 Å². The monoisotopic (exact) mass is 523 g/mol. The molecule has 2 N–H and O–H groups in total. The Bertz CT molecular complexity index is 1180. The molecule has 0 aliphatic rings. The van der Waals surface area contributed by atoms with Gasteiger partial charge in [-0.15, -0.1) is 0 Å². The molecule has 2 aromatic carbocycles. The van der Waals surface area contributed by atoms with Gasteiger partial charge in [-0.25, -0.2) is 18.6 Å². The van der Waals surface area contributed by atoms with E-state index >= 15 is 0 Å². The number of halogens is 3. The molecule has 3 rings (SSSR count). The van der Waals surface area contributed by atoms with Gasteiger partial charge in [0.2, 0.25) is 12.0 Å². The fourth-order valence-electron chi connectivity index (χ4n) is 2.78. The van der Waals surface area contributed by atoms with Crippen LogP contribution in [0, 0.1) is 18.6 Å². The van der Waals surface area contributed by atoms with Gasteiger partial charge in [0.15, 0.2) is 16.2 Å². The molecule has 1 unspecified atom stereocenters. The summed E-state index contributed by atoms with van der Waals surface area (Å²) in [4.78, 5) is 28.9. The quantitative estimate of drug-likeness (QED) is 0.484. The van der Waals surface area contributed by atoms with Crippen LogP contribution >= 0.6 is 15.9 Å². The number of benzene rings is 2. The average Bonchev–Trinajstić information content (AvgIpc) is 3.14. The Morgan fingerprint density at radius 1 is 1.18 bits per heavy atom. The topological polar surface area (TPSA) is 108 Å². The van der Waals surface area contributed by atoms with Gasteiger partial charge < -0.3 is 24.5 Å². The van der Waals surface area contributed by atoms with Gasteiger partial charge in [-0.3, -0.25) is 4.79 Å². The molecule has 0 spiro atoms. The number of hydrogen-bond donors (Lipinski definition) is 1. The zero-order chi connectivity index (χ0) is 24.3. The van der Waals surface area contributed by atoms with Crippen molar-refractivity contribution in [2.45, 2.75) is 13.0 Å². The second kappa shape index (κ2) is 9.99. The van der Waals surface area contributed by atoms with E-state index in [0.29, 0.717) is 5.69 Å². The van der Waals surface area contributed by atoms with Gasteiger partial charge in [-0.2, -0.15) is 0 Å². The zero-order valence-electron chi connectivity index (χ0n) is 17.9. The summed E-state index contributed by atoms with van der Waals surface area (Å²) in [5, 5.41) is 0. The van der Waals surface area contributed by atoms with Crippen molar-refractivity contribution < 1.29 is 32.3 Å². The van der Waals surface area contributed by atoms with Gasteiger partial charge in [0.1, 0.15) is 23.7 Å². The van der Waals surface area contributed by atoms with E-state index in [1.54, 1.807) is 0 Å². The molecular weight excluding hydrogens is 504 g/mol. The molecule has 0 fully saturated rings. The summed E-state index contributed by atoms with van der Waals surface area (Å²) in [5.41, 5.74) is 6.34.